The molecule has 100 valence electrons. The van der Waals surface area contributed by atoms with Crippen LogP contribution >= 0.6 is 27.3 Å². The number of hydrogen-bond donors (Lipinski definition) is 1. The summed E-state index contributed by atoms with van der Waals surface area (Å²) in [6, 6.07) is 4.01. The Morgan fingerprint density at radius 1 is 1.50 bits per heavy atom. The average molecular weight is 332 g/mol. The summed E-state index contributed by atoms with van der Waals surface area (Å²) in [4.78, 5) is 14.9. The first-order chi connectivity index (χ1) is 8.48. The number of carbonyl (C=O) groups excluding carboxylic acids is 1. The zero-order valence-electron chi connectivity index (χ0n) is 10.5. The van der Waals surface area contributed by atoms with Gasteiger partial charge in [-0.15, -0.1) is 11.3 Å². The summed E-state index contributed by atoms with van der Waals surface area (Å²) in [6.07, 6.45) is 3.85. The van der Waals surface area contributed by atoms with Gasteiger partial charge < -0.3 is 10.0 Å². The SMILES string of the molecule is CN(Cc1ccc(Br)s1)C(=O)CC1(O)CCCC1. The van der Waals surface area contributed by atoms with Crippen molar-refractivity contribution in [1.82, 2.24) is 4.90 Å². The van der Waals surface area contributed by atoms with Crippen molar-refractivity contribution in [3.8, 4) is 0 Å². The van der Waals surface area contributed by atoms with E-state index in [1.165, 1.54) is 0 Å². The summed E-state index contributed by atoms with van der Waals surface area (Å²) >= 11 is 5.05. The van der Waals surface area contributed by atoms with Gasteiger partial charge >= 0.3 is 0 Å². The van der Waals surface area contributed by atoms with E-state index < -0.39 is 5.60 Å². The Bertz CT molecular complexity index is 426. The van der Waals surface area contributed by atoms with Gasteiger partial charge in [0, 0.05) is 11.9 Å². The lowest BCUT2D eigenvalue weighted by Gasteiger charge is -2.25. The van der Waals surface area contributed by atoms with Crippen LogP contribution in [0.3, 0.4) is 0 Å². The third-order valence-corrected chi connectivity index (χ3v) is 5.07. The van der Waals surface area contributed by atoms with E-state index in [4.69, 9.17) is 0 Å². The lowest BCUT2D eigenvalue weighted by molar-refractivity contribution is -0.135. The molecule has 1 aliphatic carbocycles. The second kappa shape index (κ2) is 5.72. The largest absolute Gasteiger partial charge is 0.389 e. The summed E-state index contributed by atoms with van der Waals surface area (Å²) in [6.45, 7) is 0.616. The van der Waals surface area contributed by atoms with Gasteiger partial charge in [0.1, 0.15) is 0 Å². The van der Waals surface area contributed by atoms with Crippen molar-refractivity contribution in [3.63, 3.8) is 0 Å². The molecule has 0 radical (unpaired) electrons. The highest BCUT2D eigenvalue weighted by atomic mass is 79.9. The Hall–Kier alpha value is -0.390. The second-order valence-corrected chi connectivity index (χ2v) is 7.61. The average Bonchev–Trinajstić information content (AvgIpc) is 2.88. The molecule has 1 aromatic rings. The number of carbonyl (C=O) groups is 1. The quantitative estimate of drug-likeness (QED) is 0.920. The molecule has 3 nitrogen and oxygen atoms in total. The molecule has 1 aromatic heterocycles. The maximum Gasteiger partial charge on any atom is 0.225 e. The predicted octanol–water partition coefficient (Wildman–Crippen LogP) is 3.16. The standard InChI is InChI=1S/C13H18BrNO2S/c1-15(9-10-4-5-11(14)18-10)12(16)8-13(17)6-2-3-7-13/h4-5,17H,2-3,6-9H2,1H3. The third kappa shape index (κ3) is 3.56. The van der Waals surface area contributed by atoms with Crippen LogP contribution < -0.4 is 0 Å². The lowest BCUT2D eigenvalue weighted by atomic mass is 9.97. The maximum atomic E-state index is 12.1. The van der Waals surface area contributed by atoms with Crippen LogP contribution in [0.1, 0.15) is 37.0 Å². The first-order valence-corrected chi connectivity index (χ1v) is 7.80. The first-order valence-electron chi connectivity index (χ1n) is 6.19. The van der Waals surface area contributed by atoms with E-state index in [-0.39, 0.29) is 12.3 Å². The van der Waals surface area contributed by atoms with Crippen LogP contribution in [0.5, 0.6) is 0 Å². The van der Waals surface area contributed by atoms with Gasteiger partial charge in [-0.25, -0.2) is 0 Å². The van der Waals surface area contributed by atoms with Crippen molar-refractivity contribution >= 4 is 33.2 Å². The number of nitrogens with zero attached hydrogens (tertiary/aromatic N) is 1. The van der Waals surface area contributed by atoms with Gasteiger partial charge in [0.2, 0.25) is 5.91 Å². The number of halogens is 1. The number of amides is 1. The van der Waals surface area contributed by atoms with Gasteiger partial charge in [-0.05, 0) is 40.9 Å². The molecular weight excluding hydrogens is 314 g/mol. The Kier molecular flexibility index (Phi) is 4.45. The molecule has 18 heavy (non-hydrogen) atoms. The van der Waals surface area contributed by atoms with E-state index in [2.05, 4.69) is 15.9 Å². The van der Waals surface area contributed by atoms with Crippen molar-refractivity contribution < 1.29 is 9.90 Å². The van der Waals surface area contributed by atoms with Gasteiger partial charge in [-0.3, -0.25) is 4.79 Å². The number of rotatable bonds is 4. The molecule has 0 aliphatic heterocycles. The van der Waals surface area contributed by atoms with Crippen LogP contribution in [0.2, 0.25) is 0 Å². The summed E-state index contributed by atoms with van der Waals surface area (Å²) in [5, 5.41) is 10.2. The fourth-order valence-electron chi connectivity index (χ4n) is 2.38. The van der Waals surface area contributed by atoms with Crippen LogP contribution in [0.4, 0.5) is 0 Å². The maximum absolute atomic E-state index is 12.1. The van der Waals surface area contributed by atoms with E-state index in [1.54, 1.807) is 23.3 Å². The van der Waals surface area contributed by atoms with E-state index >= 15 is 0 Å². The number of thiophene rings is 1. The van der Waals surface area contributed by atoms with E-state index in [0.717, 1.165) is 34.3 Å². The van der Waals surface area contributed by atoms with Crippen molar-refractivity contribution in [2.45, 2.75) is 44.2 Å². The summed E-state index contributed by atoms with van der Waals surface area (Å²) in [5.41, 5.74) is -0.749. The van der Waals surface area contributed by atoms with Crippen LogP contribution in [0, 0.1) is 0 Å². The zero-order chi connectivity index (χ0) is 13.2. The van der Waals surface area contributed by atoms with Gasteiger partial charge in [-0.2, -0.15) is 0 Å². The molecule has 0 spiro atoms. The molecule has 5 heteroatoms. The van der Waals surface area contributed by atoms with Gasteiger partial charge in [0.05, 0.1) is 22.4 Å². The minimum Gasteiger partial charge on any atom is -0.389 e. The van der Waals surface area contributed by atoms with Crippen LogP contribution in [-0.2, 0) is 11.3 Å². The Labute approximate surface area is 120 Å². The highest BCUT2D eigenvalue weighted by Crippen LogP contribution is 2.33. The molecule has 0 bridgehead atoms. The van der Waals surface area contributed by atoms with Crippen LogP contribution in [0.25, 0.3) is 0 Å². The third-order valence-electron chi connectivity index (χ3n) is 3.46. The van der Waals surface area contributed by atoms with Gasteiger partial charge in [-0.1, -0.05) is 12.8 Å². The normalized spacial score (nSPS) is 17.9. The van der Waals surface area contributed by atoms with Crippen molar-refractivity contribution in [3.05, 3.63) is 20.8 Å². The molecule has 1 saturated carbocycles. The lowest BCUT2D eigenvalue weighted by Crippen LogP contribution is -2.35. The molecule has 1 amide bonds. The molecular formula is C13H18BrNO2S. The fraction of sp³-hybridized carbons (Fsp3) is 0.615. The smallest absolute Gasteiger partial charge is 0.225 e. The van der Waals surface area contributed by atoms with Crippen LogP contribution in [-0.4, -0.2) is 28.6 Å². The molecule has 1 N–H and O–H groups in total. The minimum atomic E-state index is -0.749. The fourth-order valence-corrected chi connectivity index (χ4v) is 3.92. The second-order valence-electron chi connectivity index (χ2n) is 5.06. The first kappa shape index (κ1) is 14.0. The van der Waals surface area contributed by atoms with Gasteiger partial charge in [0.15, 0.2) is 0 Å². The number of hydrogen-bond acceptors (Lipinski definition) is 3. The molecule has 0 saturated heterocycles. The van der Waals surface area contributed by atoms with Crippen molar-refractivity contribution in [2.24, 2.45) is 0 Å². The molecule has 1 heterocycles. The highest BCUT2D eigenvalue weighted by molar-refractivity contribution is 9.11. The van der Waals surface area contributed by atoms with Crippen molar-refractivity contribution in [2.75, 3.05) is 7.05 Å². The summed E-state index contributed by atoms with van der Waals surface area (Å²) < 4.78 is 1.08. The van der Waals surface area contributed by atoms with Gasteiger partial charge in [0.25, 0.3) is 0 Å². The zero-order valence-corrected chi connectivity index (χ0v) is 12.9. The predicted molar refractivity (Wildman–Crippen MR) is 76.5 cm³/mol. The van der Waals surface area contributed by atoms with E-state index in [1.807, 2.05) is 12.1 Å². The highest BCUT2D eigenvalue weighted by Gasteiger charge is 2.34. The molecule has 2 rings (SSSR count). The van der Waals surface area contributed by atoms with E-state index in [9.17, 15) is 9.90 Å². The topological polar surface area (TPSA) is 40.5 Å². The molecule has 0 atom stereocenters. The Morgan fingerprint density at radius 3 is 2.72 bits per heavy atom. The van der Waals surface area contributed by atoms with E-state index in [0.29, 0.717) is 6.54 Å². The molecule has 1 fully saturated rings. The monoisotopic (exact) mass is 331 g/mol. The van der Waals surface area contributed by atoms with Crippen molar-refractivity contribution in [1.29, 1.82) is 0 Å². The van der Waals surface area contributed by atoms with Crippen LogP contribution in [0.15, 0.2) is 15.9 Å². The Balaban J connectivity index is 1.88. The summed E-state index contributed by atoms with van der Waals surface area (Å²) in [5.74, 6) is 0.0314. The Morgan fingerprint density at radius 2 is 2.17 bits per heavy atom. The minimum absolute atomic E-state index is 0.0314. The molecule has 1 aliphatic rings. The molecule has 0 aromatic carbocycles. The molecule has 0 unspecified atom stereocenters. The summed E-state index contributed by atoms with van der Waals surface area (Å²) in [7, 11) is 1.80. The number of aliphatic hydroxyl groups is 1.